The fraction of sp³-hybridized carbons (Fsp3) is 0.333. The van der Waals surface area contributed by atoms with Crippen LogP contribution in [0.1, 0.15) is 61.2 Å². The maximum absolute atomic E-state index is 13.8. The molecular formula is C21H22F2N2. The molecule has 25 heavy (non-hydrogen) atoms. The molecular weight excluding hydrogens is 318 g/mol. The predicted octanol–water partition coefficient (Wildman–Crippen LogP) is 6.02. The molecule has 1 aromatic heterocycles. The number of hydrogen-bond acceptors (Lipinski definition) is 2. The summed E-state index contributed by atoms with van der Waals surface area (Å²) in [5, 5.41) is 0. The average molecular weight is 340 g/mol. The summed E-state index contributed by atoms with van der Waals surface area (Å²) in [7, 11) is 0. The summed E-state index contributed by atoms with van der Waals surface area (Å²) < 4.78 is 27.5. The van der Waals surface area contributed by atoms with Crippen LogP contribution in [-0.2, 0) is 5.92 Å². The monoisotopic (exact) mass is 340 g/mol. The first-order chi connectivity index (χ1) is 11.8. The summed E-state index contributed by atoms with van der Waals surface area (Å²) >= 11 is 0. The zero-order valence-electron chi connectivity index (χ0n) is 14.9. The van der Waals surface area contributed by atoms with Crippen molar-refractivity contribution in [3.05, 3.63) is 65.2 Å². The highest BCUT2D eigenvalue weighted by atomic mass is 19.3. The van der Waals surface area contributed by atoms with E-state index in [0.717, 1.165) is 65.4 Å². The van der Waals surface area contributed by atoms with Gasteiger partial charge in [-0.25, -0.2) is 13.8 Å². The van der Waals surface area contributed by atoms with Gasteiger partial charge in [-0.05, 0) is 67.0 Å². The van der Waals surface area contributed by atoms with Crippen molar-refractivity contribution in [3.63, 3.8) is 0 Å². The van der Waals surface area contributed by atoms with E-state index in [1.54, 1.807) is 24.5 Å². The minimum absolute atomic E-state index is 0.0496. The van der Waals surface area contributed by atoms with Gasteiger partial charge in [-0.1, -0.05) is 18.7 Å². The second kappa shape index (κ2) is 6.51. The topological polar surface area (TPSA) is 25.8 Å². The number of allylic oxidation sites excluding steroid dienone is 3. The Morgan fingerprint density at radius 3 is 2.56 bits per heavy atom. The second-order valence-electron chi connectivity index (χ2n) is 6.80. The van der Waals surface area contributed by atoms with Crippen molar-refractivity contribution in [2.75, 3.05) is 0 Å². The molecule has 1 heterocycles. The molecule has 0 saturated carbocycles. The van der Waals surface area contributed by atoms with Gasteiger partial charge < -0.3 is 0 Å². The quantitative estimate of drug-likeness (QED) is 0.679. The zero-order valence-corrected chi connectivity index (χ0v) is 14.9. The Bertz CT molecular complexity index is 860. The maximum atomic E-state index is 13.8. The van der Waals surface area contributed by atoms with Gasteiger partial charge in [-0.15, -0.1) is 0 Å². The molecule has 0 unspecified atom stereocenters. The molecule has 2 nitrogen and oxygen atoms in total. The second-order valence-corrected chi connectivity index (χ2v) is 6.80. The third kappa shape index (κ3) is 3.53. The highest BCUT2D eigenvalue weighted by Gasteiger charge is 2.27. The van der Waals surface area contributed by atoms with Crippen molar-refractivity contribution in [1.29, 1.82) is 0 Å². The third-order valence-electron chi connectivity index (χ3n) is 4.67. The van der Waals surface area contributed by atoms with Crippen molar-refractivity contribution >= 4 is 16.7 Å². The lowest BCUT2D eigenvalue weighted by Gasteiger charge is -2.16. The summed E-state index contributed by atoms with van der Waals surface area (Å²) in [5.41, 5.74) is 6.61. The molecule has 0 fully saturated rings. The molecule has 0 atom stereocenters. The lowest BCUT2D eigenvalue weighted by molar-refractivity contribution is 0.0174. The number of alkyl halides is 2. The van der Waals surface area contributed by atoms with Crippen LogP contribution < -0.4 is 0 Å². The Hall–Kier alpha value is -2.36. The van der Waals surface area contributed by atoms with E-state index in [2.05, 4.69) is 16.5 Å². The van der Waals surface area contributed by atoms with Crippen LogP contribution in [0.5, 0.6) is 0 Å². The fourth-order valence-corrected chi connectivity index (χ4v) is 3.26. The molecule has 1 aliphatic carbocycles. The molecule has 130 valence electrons. The molecule has 0 N–H and O–H groups in total. The molecule has 0 saturated heterocycles. The molecule has 4 heteroatoms. The van der Waals surface area contributed by atoms with Crippen molar-refractivity contribution < 1.29 is 8.78 Å². The first-order valence-corrected chi connectivity index (χ1v) is 8.47. The van der Waals surface area contributed by atoms with Crippen LogP contribution in [0.3, 0.4) is 0 Å². The lowest BCUT2D eigenvalue weighted by Crippen LogP contribution is -2.08. The van der Waals surface area contributed by atoms with E-state index in [9.17, 15) is 8.78 Å². The van der Waals surface area contributed by atoms with Crippen LogP contribution in [0.25, 0.3) is 16.7 Å². The Morgan fingerprint density at radius 1 is 1.16 bits per heavy atom. The van der Waals surface area contributed by atoms with Gasteiger partial charge in [0.1, 0.15) is 0 Å². The Kier molecular flexibility index (Phi) is 4.55. The average Bonchev–Trinajstić information content (AvgIpc) is 3.03. The minimum atomic E-state index is -2.85. The minimum Gasteiger partial charge on any atom is -0.260 e. The van der Waals surface area contributed by atoms with E-state index in [0.29, 0.717) is 0 Å². The molecule has 0 bridgehead atoms. The van der Waals surface area contributed by atoms with Gasteiger partial charge in [0, 0.05) is 12.5 Å². The van der Waals surface area contributed by atoms with Gasteiger partial charge in [-0.3, -0.25) is 4.98 Å². The van der Waals surface area contributed by atoms with Crippen LogP contribution in [0, 0.1) is 6.92 Å². The normalized spacial score (nSPS) is 14.9. The Labute approximate surface area is 147 Å². The van der Waals surface area contributed by atoms with Gasteiger partial charge >= 0.3 is 0 Å². The van der Waals surface area contributed by atoms with E-state index in [-0.39, 0.29) is 5.56 Å². The summed E-state index contributed by atoms with van der Waals surface area (Å²) in [6.45, 7) is 8.72. The molecule has 0 radical (unpaired) electrons. The maximum Gasteiger partial charge on any atom is 0.270 e. The third-order valence-corrected chi connectivity index (χ3v) is 4.67. The fourth-order valence-electron chi connectivity index (χ4n) is 3.26. The van der Waals surface area contributed by atoms with Gasteiger partial charge in [0.2, 0.25) is 0 Å². The number of benzene rings is 1. The van der Waals surface area contributed by atoms with Gasteiger partial charge in [-0.2, -0.15) is 0 Å². The van der Waals surface area contributed by atoms with Gasteiger partial charge in [0.15, 0.2) is 0 Å². The number of halogens is 2. The highest BCUT2D eigenvalue weighted by Crippen LogP contribution is 2.41. The van der Waals surface area contributed by atoms with E-state index in [1.807, 2.05) is 13.8 Å². The van der Waals surface area contributed by atoms with Crippen LogP contribution in [0.2, 0.25) is 0 Å². The number of hydrogen-bond donors (Lipinski definition) is 0. The van der Waals surface area contributed by atoms with Crippen LogP contribution in [0.4, 0.5) is 8.78 Å². The number of aryl methyl sites for hydroxylation is 1. The Balaban J connectivity index is 2.14. The smallest absolute Gasteiger partial charge is 0.260 e. The number of rotatable bonds is 4. The largest absolute Gasteiger partial charge is 0.270 e. The van der Waals surface area contributed by atoms with Crippen LogP contribution in [0.15, 0.2) is 37.2 Å². The molecule has 2 aromatic rings. The van der Waals surface area contributed by atoms with E-state index in [1.165, 1.54) is 6.07 Å². The molecule has 0 spiro atoms. The number of nitrogens with zero attached hydrogens (tertiary/aromatic N) is 2. The summed E-state index contributed by atoms with van der Waals surface area (Å²) in [6, 6.07) is 4.92. The molecule has 1 aromatic carbocycles. The molecule has 1 aliphatic rings. The summed E-state index contributed by atoms with van der Waals surface area (Å²) in [6.07, 6.45) is 6.20. The van der Waals surface area contributed by atoms with Gasteiger partial charge in [0.05, 0.1) is 23.8 Å². The van der Waals surface area contributed by atoms with Crippen LogP contribution in [-0.4, -0.2) is 9.97 Å². The lowest BCUT2D eigenvalue weighted by atomic mass is 9.93. The molecule has 3 rings (SSSR count). The number of aromatic nitrogens is 2. The predicted molar refractivity (Wildman–Crippen MR) is 98.2 cm³/mol. The molecule has 0 aliphatic heterocycles. The SMILES string of the molecule is C=C(C)c1cncc(C2=C(c3cc(C(C)(F)F)ccc3C)CCC2)n1. The summed E-state index contributed by atoms with van der Waals surface area (Å²) in [4.78, 5) is 8.94. The van der Waals surface area contributed by atoms with E-state index >= 15 is 0 Å². The standard InChI is InChI=1S/C21H22F2N2/c1-13(2)19-11-24-12-20(25-19)17-7-5-6-16(17)18-10-15(21(4,22)23)9-8-14(18)3/h8-12H,1,5-7H2,2-4H3. The van der Waals surface area contributed by atoms with Crippen molar-refractivity contribution in [1.82, 2.24) is 9.97 Å². The highest BCUT2D eigenvalue weighted by molar-refractivity contribution is 5.92. The van der Waals surface area contributed by atoms with Crippen molar-refractivity contribution in [3.8, 4) is 0 Å². The van der Waals surface area contributed by atoms with Gasteiger partial charge in [0.25, 0.3) is 5.92 Å². The molecule has 0 amide bonds. The first-order valence-electron chi connectivity index (χ1n) is 8.47. The first kappa shape index (κ1) is 17.5. The Morgan fingerprint density at radius 2 is 1.88 bits per heavy atom. The summed E-state index contributed by atoms with van der Waals surface area (Å²) in [5.74, 6) is -2.85. The van der Waals surface area contributed by atoms with E-state index < -0.39 is 5.92 Å². The van der Waals surface area contributed by atoms with E-state index in [4.69, 9.17) is 0 Å². The van der Waals surface area contributed by atoms with Crippen molar-refractivity contribution in [2.45, 2.75) is 46.0 Å². The zero-order chi connectivity index (χ0) is 18.2. The van der Waals surface area contributed by atoms with Crippen LogP contribution >= 0.6 is 0 Å². The van der Waals surface area contributed by atoms with Crippen molar-refractivity contribution in [2.24, 2.45) is 0 Å².